The van der Waals surface area contributed by atoms with Gasteiger partial charge in [0.25, 0.3) is 5.91 Å². The number of hydrogen-bond donors (Lipinski definition) is 2. The summed E-state index contributed by atoms with van der Waals surface area (Å²) in [5.74, 6) is 0.959. The zero-order valence-electron chi connectivity index (χ0n) is 14.7. The van der Waals surface area contributed by atoms with Crippen molar-refractivity contribution in [2.45, 2.75) is 19.9 Å². The molecule has 1 aromatic carbocycles. The highest BCUT2D eigenvalue weighted by Crippen LogP contribution is 2.14. The smallest absolute Gasteiger partial charge is 0.259 e. The van der Waals surface area contributed by atoms with Crippen molar-refractivity contribution < 1.29 is 14.3 Å². The van der Waals surface area contributed by atoms with Crippen molar-refractivity contribution in [3.63, 3.8) is 0 Å². The van der Waals surface area contributed by atoms with Crippen LogP contribution in [0.15, 0.2) is 29.3 Å². The Balaban J connectivity index is 2.40. The molecule has 0 heterocycles. The molecule has 3 N–H and O–H groups in total. The molecule has 0 saturated heterocycles. The van der Waals surface area contributed by atoms with Gasteiger partial charge in [-0.15, -0.1) is 0 Å². The van der Waals surface area contributed by atoms with E-state index in [9.17, 15) is 4.79 Å². The summed E-state index contributed by atoms with van der Waals surface area (Å²) >= 11 is 0. The van der Waals surface area contributed by atoms with Crippen molar-refractivity contribution in [1.82, 2.24) is 10.2 Å². The summed E-state index contributed by atoms with van der Waals surface area (Å²) < 4.78 is 10.7. The number of likely N-dealkylation sites (N-methyl/N-ethyl adjacent to an activating group) is 1. The summed E-state index contributed by atoms with van der Waals surface area (Å²) in [4.78, 5) is 17.3. The molecule has 1 aromatic rings. The largest absolute Gasteiger partial charge is 0.484 e. The number of nitrogens with one attached hydrogen (secondary N) is 1. The number of guanidine groups is 1. The van der Waals surface area contributed by atoms with Gasteiger partial charge in [-0.3, -0.25) is 4.79 Å². The van der Waals surface area contributed by atoms with Gasteiger partial charge in [0.2, 0.25) is 0 Å². The molecule has 0 aliphatic carbocycles. The molecule has 0 spiro atoms. The van der Waals surface area contributed by atoms with E-state index in [-0.39, 0.29) is 12.5 Å². The Morgan fingerprint density at radius 2 is 2.17 bits per heavy atom. The van der Waals surface area contributed by atoms with Gasteiger partial charge in [0.1, 0.15) is 5.75 Å². The molecule has 0 aromatic heterocycles. The first-order valence-corrected chi connectivity index (χ1v) is 8.06. The highest BCUT2D eigenvalue weighted by Gasteiger charge is 2.05. The van der Waals surface area contributed by atoms with E-state index in [0.29, 0.717) is 24.9 Å². The van der Waals surface area contributed by atoms with E-state index in [1.807, 2.05) is 31.2 Å². The van der Waals surface area contributed by atoms with Crippen molar-refractivity contribution in [1.29, 1.82) is 0 Å². The van der Waals surface area contributed by atoms with Gasteiger partial charge in [-0.1, -0.05) is 12.1 Å². The van der Waals surface area contributed by atoms with E-state index in [1.54, 1.807) is 14.1 Å². The maximum absolute atomic E-state index is 11.5. The van der Waals surface area contributed by atoms with Crippen LogP contribution >= 0.6 is 0 Å². The maximum atomic E-state index is 11.5. The van der Waals surface area contributed by atoms with Crippen LogP contribution in [-0.2, 0) is 16.1 Å². The lowest BCUT2D eigenvalue weighted by Gasteiger charge is -2.11. The van der Waals surface area contributed by atoms with Crippen LogP contribution in [0.2, 0.25) is 0 Å². The van der Waals surface area contributed by atoms with Gasteiger partial charge in [-0.25, -0.2) is 4.99 Å². The monoisotopic (exact) mass is 336 g/mol. The SMILES string of the molecule is CCOCCCNC(N)=NCc1cccc(OCC(=O)N(C)C)c1. The second-order valence-electron chi connectivity index (χ2n) is 5.40. The van der Waals surface area contributed by atoms with Crippen molar-refractivity contribution in [2.75, 3.05) is 40.5 Å². The van der Waals surface area contributed by atoms with Gasteiger partial charge in [-0.2, -0.15) is 0 Å². The Labute approximate surface area is 143 Å². The first-order valence-electron chi connectivity index (χ1n) is 8.06. The number of nitrogens with zero attached hydrogens (tertiary/aromatic N) is 2. The molecule has 0 saturated carbocycles. The number of ether oxygens (including phenoxy) is 2. The molecule has 0 aliphatic rings. The Morgan fingerprint density at radius 1 is 1.38 bits per heavy atom. The van der Waals surface area contributed by atoms with Crippen molar-refractivity contribution in [3.05, 3.63) is 29.8 Å². The lowest BCUT2D eigenvalue weighted by Crippen LogP contribution is -2.32. The lowest BCUT2D eigenvalue weighted by atomic mass is 10.2. The highest BCUT2D eigenvalue weighted by atomic mass is 16.5. The van der Waals surface area contributed by atoms with Crippen LogP contribution in [0, 0.1) is 0 Å². The predicted octanol–water partition coefficient (Wildman–Crippen LogP) is 0.985. The number of rotatable bonds is 10. The summed E-state index contributed by atoms with van der Waals surface area (Å²) in [5, 5.41) is 3.05. The van der Waals surface area contributed by atoms with Gasteiger partial charge >= 0.3 is 0 Å². The van der Waals surface area contributed by atoms with Crippen LogP contribution in [0.5, 0.6) is 5.75 Å². The van der Waals surface area contributed by atoms with Crippen molar-refractivity contribution in [2.24, 2.45) is 10.7 Å². The number of amides is 1. The Hall–Kier alpha value is -2.28. The van der Waals surface area contributed by atoms with E-state index in [4.69, 9.17) is 15.2 Å². The second-order valence-corrected chi connectivity index (χ2v) is 5.40. The van der Waals surface area contributed by atoms with E-state index >= 15 is 0 Å². The minimum absolute atomic E-state index is 0.0171. The standard InChI is InChI=1S/C17H28N4O3/c1-4-23-10-6-9-19-17(18)20-12-14-7-5-8-15(11-14)24-13-16(22)21(2)3/h5,7-8,11H,4,6,9-10,12-13H2,1-3H3,(H3,18,19,20). The normalized spacial score (nSPS) is 11.2. The molecule has 0 bridgehead atoms. The first kappa shape index (κ1) is 19.8. The highest BCUT2D eigenvalue weighted by molar-refractivity contribution is 5.78. The first-order chi connectivity index (χ1) is 11.5. The van der Waals surface area contributed by atoms with Crippen LogP contribution in [-0.4, -0.2) is 57.2 Å². The Morgan fingerprint density at radius 3 is 2.88 bits per heavy atom. The van der Waals surface area contributed by atoms with Crippen LogP contribution in [0.1, 0.15) is 18.9 Å². The maximum Gasteiger partial charge on any atom is 0.259 e. The number of carbonyl (C=O) groups is 1. The van der Waals surface area contributed by atoms with Crippen LogP contribution in [0.25, 0.3) is 0 Å². The van der Waals surface area contributed by atoms with Gasteiger partial charge < -0.3 is 25.4 Å². The van der Waals surface area contributed by atoms with Gasteiger partial charge in [-0.05, 0) is 31.0 Å². The molecule has 0 unspecified atom stereocenters. The molecule has 0 radical (unpaired) electrons. The molecule has 1 amide bonds. The third-order valence-corrected chi connectivity index (χ3v) is 3.17. The Bertz CT molecular complexity index is 532. The summed E-state index contributed by atoms with van der Waals surface area (Å²) in [6.07, 6.45) is 0.882. The molecule has 1 rings (SSSR count). The number of benzene rings is 1. The van der Waals surface area contributed by atoms with E-state index < -0.39 is 0 Å². The molecule has 7 nitrogen and oxygen atoms in total. The van der Waals surface area contributed by atoms with Gasteiger partial charge in [0.05, 0.1) is 6.54 Å². The molecule has 7 heteroatoms. The average molecular weight is 336 g/mol. The fraction of sp³-hybridized carbons (Fsp3) is 0.529. The molecular formula is C17H28N4O3. The summed E-state index contributed by atoms with van der Waals surface area (Å²) in [6, 6.07) is 7.47. The third-order valence-electron chi connectivity index (χ3n) is 3.17. The molecule has 0 atom stereocenters. The summed E-state index contributed by atoms with van der Waals surface area (Å²) in [5.41, 5.74) is 6.78. The molecule has 24 heavy (non-hydrogen) atoms. The topological polar surface area (TPSA) is 89.2 Å². The summed E-state index contributed by atoms with van der Waals surface area (Å²) in [6.45, 7) is 4.60. The molecule has 0 aliphatic heterocycles. The van der Waals surface area contributed by atoms with Gasteiger partial charge in [0.15, 0.2) is 12.6 Å². The quantitative estimate of drug-likeness (QED) is 0.378. The number of carbonyl (C=O) groups excluding carboxylic acids is 1. The van der Waals surface area contributed by atoms with Crippen molar-refractivity contribution >= 4 is 11.9 Å². The molecular weight excluding hydrogens is 308 g/mol. The minimum Gasteiger partial charge on any atom is -0.484 e. The lowest BCUT2D eigenvalue weighted by molar-refractivity contribution is -0.130. The van der Waals surface area contributed by atoms with Gasteiger partial charge in [0, 0.05) is 33.9 Å². The summed E-state index contributed by atoms with van der Waals surface area (Å²) in [7, 11) is 3.39. The molecule has 0 fully saturated rings. The van der Waals surface area contributed by atoms with Crippen LogP contribution in [0.3, 0.4) is 0 Å². The fourth-order valence-corrected chi connectivity index (χ4v) is 1.78. The second kappa shape index (κ2) is 11.3. The zero-order chi connectivity index (χ0) is 17.8. The zero-order valence-corrected chi connectivity index (χ0v) is 14.7. The predicted molar refractivity (Wildman–Crippen MR) is 95.1 cm³/mol. The van der Waals surface area contributed by atoms with Crippen molar-refractivity contribution in [3.8, 4) is 5.75 Å². The molecule has 134 valence electrons. The van der Waals surface area contributed by atoms with Crippen LogP contribution in [0.4, 0.5) is 0 Å². The van der Waals surface area contributed by atoms with E-state index in [0.717, 1.165) is 25.1 Å². The average Bonchev–Trinajstić information content (AvgIpc) is 2.58. The number of nitrogens with two attached hydrogens (primary N) is 1. The van der Waals surface area contributed by atoms with Crippen LogP contribution < -0.4 is 15.8 Å². The third kappa shape index (κ3) is 8.38. The van der Waals surface area contributed by atoms with E-state index in [1.165, 1.54) is 4.90 Å². The number of aliphatic imine (C=N–C) groups is 1. The number of hydrogen-bond acceptors (Lipinski definition) is 4. The fourth-order valence-electron chi connectivity index (χ4n) is 1.78. The Kier molecular flexibility index (Phi) is 9.29. The minimum atomic E-state index is -0.0843. The van der Waals surface area contributed by atoms with E-state index in [2.05, 4.69) is 10.3 Å².